The van der Waals surface area contributed by atoms with Crippen molar-refractivity contribution >= 4 is 0 Å². The molecule has 78 valence electrons. The quantitative estimate of drug-likeness (QED) is 0.782. The zero-order valence-corrected chi connectivity index (χ0v) is 9.51. The molecule has 0 bridgehead atoms. The standard InChI is InChI=1S/C11H18N2O/c1-7(2)11(4,5)9-6-10(14)13-8(3)12-9/h6-7H,1-5H3,(H,12,13,14). The summed E-state index contributed by atoms with van der Waals surface area (Å²) in [5.41, 5.74) is 0.744. The van der Waals surface area contributed by atoms with Gasteiger partial charge in [-0.05, 0) is 12.8 Å². The third-order valence-corrected chi connectivity index (χ3v) is 2.96. The zero-order chi connectivity index (χ0) is 10.9. The molecule has 0 fully saturated rings. The van der Waals surface area contributed by atoms with Gasteiger partial charge in [0.15, 0.2) is 0 Å². The first-order valence-electron chi connectivity index (χ1n) is 4.92. The van der Waals surface area contributed by atoms with Crippen LogP contribution in [-0.2, 0) is 5.41 Å². The fourth-order valence-electron chi connectivity index (χ4n) is 1.21. The normalized spacial score (nSPS) is 12.1. The highest BCUT2D eigenvalue weighted by Crippen LogP contribution is 2.28. The van der Waals surface area contributed by atoms with Crippen molar-refractivity contribution in [2.24, 2.45) is 5.92 Å². The maximum absolute atomic E-state index is 11.3. The van der Waals surface area contributed by atoms with Crippen LogP contribution in [0.25, 0.3) is 0 Å². The van der Waals surface area contributed by atoms with Gasteiger partial charge in [0.2, 0.25) is 0 Å². The lowest BCUT2D eigenvalue weighted by Gasteiger charge is -2.28. The summed E-state index contributed by atoms with van der Waals surface area (Å²) in [6, 6.07) is 1.59. The molecular formula is C11H18N2O. The monoisotopic (exact) mass is 194 g/mol. The summed E-state index contributed by atoms with van der Waals surface area (Å²) < 4.78 is 0. The molecule has 1 rings (SSSR count). The van der Waals surface area contributed by atoms with Crippen molar-refractivity contribution in [2.75, 3.05) is 0 Å². The highest BCUT2D eigenvalue weighted by Gasteiger charge is 2.26. The lowest BCUT2D eigenvalue weighted by molar-refractivity contribution is 0.360. The van der Waals surface area contributed by atoms with Gasteiger partial charge in [0, 0.05) is 11.5 Å². The summed E-state index contributed by atoms with van der Waals surface area (Å²) in [6.07, 6.45) is 0. The zero-order valence-electron chi connectivity index (χ0n) is 9.51. The van der Waals surface area contributed by atoms with E-state index in [0.717, 1.165) is 5.69 Å². The molecule has 0 saturated heterocycles. The van der Waals surface area contributed by atoms with Gasteiger partial charge in [-0.25, -0.2) is 4.98 Å². The highest BCUT2D eigenvalue weighted by molar-refractivity contribution is 5.14. The maximum atomic E-state index is 11.3. The van der Waals surface area contributed by atoms with Crippen molar-refractivity contribution in [2.45, 2.75) is 40.0 Å². The molecule has 0 aliphatic rings. The lowest BCUT2D eigenvalue weighted by Crippen LogP contribution is -2.28. The van der Waals surface area contributed by atoms with Crippen LogP contribution in [0.2, 0.25) is 0 Å². The van der Waals surface area contributed by atoms with Crippen LogP contribution in [0.4, 0.5) is 0 Å². The lowest BCUT2D eigenvalue weighted by atomic mass is 9.78. The first-order valence-corrected chi connectivity index (χ1v) is 4.92. The van der Waals surface area contributed by atoms with Gasteiger partial charge in [-0.3, -0.25) is 4.79 Å². The molecule has 1 aromatic rings. The number of aromatic nitrogens is 2. The average Bonchev–Trinajstić information content (AvgIpc) is 2.01. The molecular weight excluding hydrogens is 176 g/mol. The van der Waals surface area contributed by atoms with Gasteiger partial charge < -0.3 is 4.98 Å². The van der Waals surface area contributed by atoms with E-state index in [1.807, 2.05) is 0 Å². The van der Waals surface area contributed by atoms with Crippen molar-refractivity contribution < 1.29 is 0 Å². The van der Waals surface area contributed by atoms with Gasteiger partial charge in [0.05, 0.1) is 5.69 Å². The first-order chi connectivity index (χ1) is 6.34. The van der Waals surface area contributed by atoms with Crippen LogP contribution in [0.5, 0.6) is 0 Å². The number of aryl methyl sites for hydroxylation is 1. The molecule has 0 aromatic carbocycles. The second-order valence-electron chi connectivity index (χ2n) is 4.59. The SMILES string of the molecule is Cc1nc(C(C)(C)C(C)C)cc(=O)[nH]1. The predicted octanol–water partition coefficient (Wildman–Crippen LogP) is 2.01. The number of aromatic amines is 1. The summed E-state index contributed by atoms with van der Waals surface area (Å²) in [7, 11) is 0. The smallest absolute Gasteiger partial charge is 0.251 e. The summed E-state index contributed by atoms with van der Waals surface area (Å²) in [5, 5.41) is 0. The molecule has 0 aliphatic heterocycles. The van der Waals surface area contributed by atoms with Gasteiger partial charge in [0.25, 0.3) is 5.56 Å². The van der Waals surface area contributed by atoms with Gasteiger partial charge in [-0.1, -0.05) is 27.7 Å². The first kappa shape index (κ1) is 11.0. The van der Waals surface area contributed by atoms with E-state index < -0.39 is 0 Å². The Morgan fingerprint density at radius 2 is 2.00 bits per heavy atom. The Bertz CT molecular complexity index is 377. The molecule has 1 aromatic heterocycles. The van der Waals surface area contributed by atoms with Crippen molar-refractivity contribution in [3.63, 3.8) is 0 Å². The largest absolute Gasteiger partial charge is 0.311 e. The molecule has 0 saturated carbocycles. The van der Waals surface area contributed by atoms with Gasteiger partial charge in [0.1, 0.15) is 5.82 Å². The molecule has 3 nitrogen and oxygen atoms in total. The molecule has 0 amide bonds. The third kappa shape index (κ3) is 2.03. The molecule has 1 N–H and O–H groups in total. The molecule has 14 heavy (non-hydrogen) atoms. The van der Waals surface area contributed by atoms with Crippen LogP contribution < -0.4 is 5.56 Å². The predicted molar refractivity (Wildman–Crippen MR) is 57.5 cm³/mol. The summed E-state index contributed by atoms with van der Waals surface area (Å²) >= 11 is 0. The van der Waals surface area contributed by atoms with E-state index in [1.165, 1.54) is 0 Å². The number of nitrogens with zero attached hydrogens (tertiary/aromatic N) is 1. The number of hydrogen-bond acceptors (Lipinski definition) is 2. The van der Waals surface area contributed by atoms with Crippen LogP contribution in [0.15, 0.2) is 10.9 Å². The number of rotatable bonds is 2. The molecule has 0 aliphatic carbocycles. The van der Waals surface area contributed by atoms with E-state index in [0.29, 0.717) is 11.7 Å². The molecule has 0 radical (unpaired) electrons. The minimum atomic E-state index is -0.0683. The Morgan fingerprint density at radius 3 is 2.43 bits per heavy atom. The van der Waals surface area contributed by atoms with E-state index in [-0.39, 0.29) is 11.0 Å². The van der Waals surface area contributed by atoms with E-state index in [4.69, 9.17) is 0 Å². The van der Waals surface area contributed by atoms with E-state index in [9.17, 15) is 4.79 Å². The van der Waals surface area contributed by atoms with E-state index in [2.05, 4.69) is 37.7 Å². The van der Waals surface area contributed by atoms with Crippen LogP contribution >= 0.6 is 0 Å². The number of hydrogen-bond donors (Lipinski definition) is 1. The Labute approximate surface area is 84.6 Å². The Balaban J connectivity index is 3.25. The minimum absolute atomic E-state index is 0.0565. The molecule has 0 atom stereocenters. The second kappa shape index (κ2) is 3.56. The molecule has 1 heterocycles. The van der Waals surface area contributed by atoms with Crippen LogP contribution in [0.1, 0.15) is 39.2 Å². The van der Waals surface area contributed by atoms with E-state index >= 15 is 0 Å². The third-order valence-electron chi connectivity index (χ3n) is 2.96. The number of nitrogens with one attached hydrogen (secondary N) is 1. The Morgan fingerprint density at radius 1 is 1.43 bits per heavy atom. The molecule has 0 unspecified atom stereocenters. The summed E-state index contributed by atoms with van der Waals surface area (Å²) in [5.74, 6) is 1.14. The fraction of sp³-hybridized carbons (Fsp3) is 0.636. The molecule has 0 spiro atoms. The van der Waals surface area contributed by atoms with Crippen LogP contribution in [0, 0.1) is 12.8 Å². The van der Waals surface area contributed by atoms with Crippen molar-refractivity contribution in [1.82, 2.24) is 9.97 Å². The fourth-order valence-corrected chi connectivity index (χ4v) is 1.21. The Kier molecular flexibility index (Phi) is 2.79. The van der Waals surface area contributed by atoms with Crippen molar-refractivity contribution in [1.29, 1.82) is 0 Å². The topological polar surface area (TPSA) is 45.8 Å². The van der Waals surface area contributed by atoms with Gasteiger partial charge in [-0.2, -0.15) is 0 Å². The molecule has 3 heteroatoms. The van der Waals surface area contributed by atoms with Crippen molar-refractivity contribution in [3.05, 3.63) is 27.9 Å². The highest BCUT2D eigenvalue weighted by atomic mass is 16.1. The second-order valence-corrected chi connectivity index (χ2v) is 4.59. The van der Waals surface area contributed by atoms with Crippen LogP contribution in [-0.4, -0.2) is 9.97 Å². The van der Waals surface area contributed by atoms with Gasteiger partial charge >= 0.3 is 0 Å². The Hall–Kier alpha value is -1.12. The minimum Gasteiger partial charge on any atom is -0.311 e. The average molecular weight is 194 g/mol. The summed E-state index contributed by atoms with van der Waals surface area (Å²) in [6.45, 7) is 10.3. The van der Waals surface area contributed by atoms with Crippen LogP contribution in [0.3, 0.4) is 0 Å². The summed E-state index contributed by atoms with van der Waals surface area (Å²) in [4.78, 5) is 18.3. The van der Waals surface area contributed by atoms with E-state index in [1.54, 1.807) is 13.0 Å². The van der Waals surface area contributed by atoms with Crippen molar-refractivity contribution in [3.8, 4) is 0 Å². The van der Waals surface area contributed by atoms with Gasteiger partial charge in [-0.15, -0.1) is 0 Å². The number of H-pyrrole nitrogens is 1. The maximum Gasteiger partial charge on any atom is 0.251 e.